The predicted molar refractivity (Wildman–Crippen MR) is 44.1 cm³/mol. The largest absolute Gasteiger partial charge is 0.657 e. The van der Waals surface area contributed by atoms with Gasteiger partial charge in [0.15, 0.2) is 0 Å². The van der Waals surface area contributed by atoms with Crippen LogP contribution in [0.5, 0.6) is 0 Å². The number of fused-ring (bicyclic) bond motifs is 1. The first-order valence-corrected chi connectivity index (χ1v) is 3.58. The van der Waals surface area contributed by atoms with Crippen molar-refractivity contribution in [3.8, 4) is 0 Å². The third-order valence-corrected chi connectivity index (χ3v) is 1.73. The lowest BCUT2D eigenvalue weighted by Gasteiger charge is -2.00. The molecule has 0 bridgehead atoms. The fraction of sp³-hybridized carbons (Fsp3) is 0. The molecule has 0 aliphatic rings. The Kier molecular flexibility index (Phi) is 1.42. The fourth-order valence-corrected chi connectivity index (χ4v) is 1.14. The fourth-order valence-electron chi connectivity index (χ4n) is 1.14. The summed E-state index contributed by atoms with van der Waals surface area (Å²) in [5.74, 6) is 0.0534. The van der Waals surface area contributed by atoms with E-state index in [-0.39, 0.29) is 21.1 Å². The monoisotopic (exact) mass is 178 g/mol. The van der Waals surface area contributed by atoms with Gasteiger partial charge in [0, 0.05) is 4.85 Å². The van der Waals surface area contributed by atoms with Crippen LogP contribution in [0.1, 0.15) is 0 Å². The lowest BCUT2D eigenvalue weighted by atomic mass is 10.2. The van der Waals surface area contributed by atoms with E-state index in [4.69, 9.17) is 5.73 Å². The van der Waals surface area contributed by atoms with E-state index >= 15 is 0 Å². The minimum absolute atomic E-state index is 0.0534. The van der Waals surface area contributed by atoms with Gasteiger partial charge in [0.05, 0.1) is 0 Å². The van der Waals surface area contributed by atoms with Crippen molar-refractivity contribution < 1.29 is 9.80 Å². The molecule has 6 heteroatoms. The number of nitrogens with two attached hydrogens (primary N) is 1. The van der Waals surface area contributed by atoms with Gasteiger partial charge in [-0.1, -0.05) is 12.1 Å². The third kappa shape index (κ3) is 0.994. The zero-order chi connectivity index (χ0) is 9.42. The molecule has 1 aromatic heterocycles. The maximum absolute atomic E-state index is 11.1. The van der Waals surface area contributed by atoms with E-state index in [1.54, 1.807) is 18.2 Å². The molecule has 0 amide bonds. The summed E-state index contributed by atoms with van der Waals surface area (Å²) in [6.45, 7) is 0. The van der Waals surface area contributed by atoms with Gasteiger partial charge < -0.3 is 16.1 Å². The average Bonchev–Trinajstić information content (AvgIpc) is 2.15. The molecule has 0 aliphatic heterocycles. The Hall–Kier alpha value is -2.11. The molecule has 0 saturated carbocycles. The predicted octanol–water partition coefficient (Wildman–Crippen LogP) is -0.916. The summed E-state index contributed by atoms with van der Waals surface area (Å²) in [4.78, 5) is 0.0589. The molecule has 1 heterocycles. The molecule has 13 heavy (non-hydrogen) atoms. The number of hydrogen-bond acceptors (Lipinski definition) is 4. The molecule has 1 aromatic carbocycles. The summed E-state index contributed by atoms with van der Waals surface area (Å²) in [5.41, 5.74) is 5.65. The van der Waals surface area contributed by atoms with Crippen LogP contribution in [0.3, 0.4) is 0 Å². The van der Waals surface area contributed by atoms with Crippen molar-refractivity contribution in [3.63, 3.8) is 0 Å². The highest BCUT2D eigenvalue weighted by Gasteiger charge is 2.16. The van der Waals surface area contributed by atoms with Gasteiger partial charge in [-0.25, -0.2) is 0 Å². The molecule has 0 atom stereocenters. The highest BCUT2D eigenvalue weighted by atomic mass is 16.6. The molecule has 0 radical (unpaired) electrons. The second-order valence-electron chi connectivity index (χ2n) is 2.53. The second kappa shape index (κ2) is 2.44. The molecule has 0 saturated heterocycles. The third-order valence-electron chi connectivity index (χ3n) is 1.73. The number of anilines is 1. The number of nitrogens with zero attached hydrogens (tertiary/aromatic N) is 3. The zero-order valence-electron chi connectivity index (χ0n) is 6.54. The molecule has 2 rings (SSSR count). The lowest BCUT2D eigenvalue weighted by Crippen LogP contribution is -2.63. The molecule has 6 nitrogen and oxygen atoms in total. The van der Waals surface area contributed by atoms with Crippen LogP contribution in [-0.2, 0) is 0 Å². The molecule has 66 valence electrons. The highest BCUT2D eigenvalue weighted by molar-refractivity contribution is 5.84. The van der Waals surface area contributed by atoms with E-state index in [2.05, 4.69) is 5.10 Å². The Morgan fingerprint density at radius 3 is 2.69 bits per heavy atom. The van der Waals surface area contributed by atoms with E-state index in [9.17, 15) is 10.4 Å². The van der Waals surface area contributed by atoms with Crippen LogP contribution in [0.15, 0.2) is 24.3 Å². The van der Waals surface area contributed by atoms with E-state index < -0.39 is 0 Å². The Morgan fingerprint density at radius 1 is 1.23 bits per heavy atom. The summed E-state index contributed by atoms with van der Waals surface area (Å²) in [7, 11) is 0. The molecule has 2 N–H and O–H groups in total. The zero-order valence-corrected chi connectivity index (χ0v) is 6.54. The molecule has 2 aromatic rings. The number of aromatic nitrogens is 3. The summed E-state index contributed by atoms with van der Waals surface area (Å²) < 4.78 is 0. The summed E-state index contributed by atoms with van der Waals surface area (Å²) >= 11 is 0. The summed E-state index contributed by atoms with van der Waals surface area (Å²) in [6.07, 6.45) is 0. The molecular weight excluding hydrogens is 172 g/mol. The van der Waals surface area contributed by atoms with Crippen molar-refractivity contribution in [3.05, 3.63) is 34.7 Å². The normalized spacial score (nSPS) is 10.5. The SMILES string of the molecule is Nc1n[n+]([O-])[n+]([O-])c2ccccc12. The number of benzene rings is 1. The van der Waals surface area contributed by atoms with Gasteiger partial charge in [0.2, 0.25) is 10.5 Å². The van der Waals surface area contributed by atoms with Crippen LogP contribution < -0.4 is 15.5 Å². The number of nitrogen functional groups attached to an aromatic ring is 1. The Morgan fingerprint density at radius 2 is 1.92 bits per heavy atom. The topological polar surface area (TPSA) is 92.8 Å². The minimum atomic E-state index is -0.0856. The van der Waals surface area contributed by atoms with Gasteiger partial charge in [-0.15, -0.1) is 0 Å². The van der Waals surface area contributed by atoms with Crippen LogP contribution in [0.2, 0.25) is 0 Å². The first-order chi connectivity index (χ1) is 6.20. The Bertz CT molecular complexity index is 471. The van der Waals surface area contributed by atoms with E-state index in [0.29, 0.717) is 5.39 Å². The average molecular weight is 178 g/mol. The molecular formula is C7H6N4O2. The Balaban J connectivity index is 2.97. The van der Waals surface area contributed by atoms with Crippen molar-refractivity contribution in [2.75, 3.05) is 5.73 Å². The maximum Gasteiger partial charge on any atom is 0.327 e. The summed E-state index contributed by atoms with van der Waals surface area (Å²) in [5, 5.41) is 25.7. The number of para-hydroxylation sites is 1. The highest BCUT2D eigenvalue weighted by Crippen LogP contribution is 2.11. The summed E-state index contributed by atoms with van der Waals surface area (Å²) in [6, 6.07) is 6.51. The van der Waals surface area contributed by atoms with Crippen molar-refractivity contribution in [2.45, 2.75) is 0 Å². The lowest BCUT2D eigenvalue weighted by molar-refractivity contribution is -1.20. The van der Waals surface area contributed by atoms with Gasteiger partial charge >= 0.3 is 5.82 Å². The quantitative estimate of drug-likeness (QED) is 0.417. The van der Waals surface area contributed by atoms with Gasteiger partial charge in [-0.2, -0.15) is 0 Å². The molecule has 0 unspecified atom stereocenters. The first kappa shape index (κ1) is 7.53. The van der Waals surface area contributed by atoms with Gasteiger partial charge in [-0.3, -0.25) is 0 Å². The van der Waals surface area contributed by atoms with Gasteiger partial charge in [0.1, 0.15) is 5.39 Å². The van der Waals surface area contributed by atoms with E-state index in [1.165, 1.54) is 6.07 Å². The number of hydrogen-bond donors (Lipinski definition) is 1. The van der Waals surface area contributed by atoms with E-state index in [0.717, 1.165) is 0 Å². The van der Waals surface area contributed by atoms with Crippen LogP contribution in [0.25, 0.3) is 10.9 Å². The number of rotatable bonds is 0. The van der Waals surface area contributed by atoms with Crippen molar-refractivity contribution in [1.29, 1.82) is 0 Å². The van der Waals surface area contributed by atoms with Crippen molar-refractivity contribution >= 4 is 16.7 Å². The van der Waals surface area contributed by atoms with Crippen LogP contribution >= 0.6 is 0 Å². The van der Waals surface area contributed by atoms with Gasteiger partial charge in [-0.05, 0) is 12.1 Å². The minimum Gasteiger partial charge on any atom is -0.657 e. The van der Waals surface area contributed by atoms with Crippen LogP contribution in [-0.4, -0.2) is 5.10 Å². The van der Waals surface area contributed by atoms with Crippen molar-refractivity contribution in [2.24, 2.45) is 0 Å². The van der Waals surface area contributed by atoms with Crippen LogP contribution in [0.4, 0.5) is 5.82 Å². The van der Waals surface area contributed by atoms with Crippen molar-refractivity contribution in [1.82, 2.24) is 5.10 Å². The van der Waals surface area contributed by atoms with Gasteiger partial charge in [0.25, 0.3) is 5.10 Å². The standard InChI is InChI=1S/C7H6N4O2/c8-7-5-3-1-2-4-6(5)10(12)11(13)9-7/h1-4H,(H2,8,9). The maximum atomic E-state index is 11.1. The second-order valence-corrected chi connectivity index (χ2v) is 2.53. The molecule has 0 spiro atoms. The Labute approximate surface area is 73.0 Å². The molecule has 0 aliphatic carbocycles. The van der Waals surface area contributed by atoms with Crippen LogP contribution in [0, 0.1) is 10.4 Å². The van der Waals surface area contributed by atoms with E-state index in [1.807, 2.05) is 0 Å². The first-order valence-electron chi connectivity index (χ1n) is 3.58. The molecule has 0 fully saturated rings. The smallest absolute Gasteiger partial charge is 0.327 e.